The summed E-state index contributed by atoms with van der Waals surface area (Å²) >= 11 is 0. The van der Waals surface area contributed by atoms with Crippen molar-refractivity contribution in [3.8, 4) is 17.2 Å². The summed E-state index contributed by atoms with van der Waals surface area (Å²) in [6.07, 6.45) is 1.26. The van der Waals surface area contributed by atoms with Crippen molar-refractivity contribution in [3.63, 3.8) is 0 Å². The van der Waals surface area contributed by atoms with Gasteiger partial charge in [-0.2, -0.15) is 0 Å². The van der Waals surface area contributed by atoms with E-state index in [1.807, 2.05) is 56.4 Å². The molecule has 3 aromatic carbocycles. The Labute approximate surface area is 260 Å². The zero-order valence-electron chi connectivity index (χ0n) is 25.9. The fourth-order valence-electron chi connectivity index (χ4n) is 5.85. The normalized spacial score (nSPS) is 19.8. The van der Waals surface area contributed by atoms with Crippen LogP contribution in [0.15, 0.2) is 72.8 Å². The number of anilines is 1. The Morgan fingerprint density at radius 2 is 1.77 bits per heavy atom. The molecule has 234 valence electrons. The first-order chi connectivity index (χ1) is 21.3. The van der Waals surface area contributed by atoms with Gasteiger partial charge >= 0.3 is 0 Å². The number of nitrogens with zero attached hydrogens (tertiary/aromatic N) is 2. The molecule has 9 nitrogen and oxygen atoms in total. The van der Waals surface area contributed by atoms with Gasteiger partial charge < -0.3 is 30.1 Å². The largest absolute Gasteiger partial charge is 0.486 e. The van der Waals surface area contributed by atoms with Crippen LogP contribution in [0.1, 0.15) is 42.6 Å². The first-order valence-corrected chi connectivity index (χ1v) is 15.6. The van der Waals surface area contributed by atoms with Gasteiger partial charge in [-0.05, 0) is 81.9 Å². The summed E-state index contributed by atoms with van der Waals surface area (Å²) in [5, 5.41) is 16.4. The minimum Gasteiger partial charge on any atom is -0.486 e. The van der Waals surface area contributed by atoms with Crippen molar-refractivity contribution in [2.75, 3.05) is 45.2 Å². The fraction of sp³-hybridized carbons (Fsp3) is 0.429. The highest BCUT2D eigenvalue weighted by atomic mass is 16.5. The van der Waals surface area contributed by atoms with Gasteiger partial charge in [0.1, 0.15) is 17.6 Å². The molecule has 5 rings (SSSR count). The standard InChI is InChI=1S/C35H44N4O5/c1-24-20-39(25(2)23-40)35(42)30-10-7-11-31(37-34(41)27-16-18-36-19-17-27)33(30)44-32(24)22-38(3)21-26-12-14-29(15-13-26)43-28-8-5-4-6-9-28/h4-15,24-25,27,32,36,40H,16-23H2,1-3H3,(H,37,41). The zero-order valence-corrected chi connectivity index (χ0v) is 25.9. The van der Waals surface area contributed by atoms with Crippen molar-refractivity contribution >= 4 is 17.5 Å². The van der Waals surface area contributed by atoms with Crippen LogP contribution in [0.25, 0.3) is 0 Å². The third-order valence-electron chi connectivity index (χ3n) is 8.51. The molecule has 0 saturated carbocycles. The summed E-state index contributed by atoms with van der Waals surface area (Å²) in [5.41, 5.74) is 2.03. The number of hydrogen-bond donors (Lipinski definition) is 3. The van der Waals surface area contributed by atoms with E-state index in [-0.39, 0.29) is 42.4 Å². The molecule has 0 aliphatic carbocycles. The van der Waals surface area contributed by atoms with Crippen LogP contribution < -0.4 is 20.1 Å². The summed E-state index contributed by atoms with van der Waals surface area (Å²) in [6, 6.07) is 22.7. The van der Waals surface area contributed by atoms with E-state index in [1.165, 1.54) is 0 Å². The number of aliphatic hydroxyl groups is 1. The monoisotopic (exact) mass is 600 g/mol. The van der Waals surface area contributed by atoms with E-state index in [2.05, 4.69) is 34.6 Å². The van der Waals surface area contributed by atoms with Gasteiger partial charge in [0.15, 0.2) is 5.75 Å². The van der Waals surface area contributed by atoms with Gasteiger partial charge in [-0.25, -0.2) is 0 Å². The molecular formula is C35H44N4O5. The van der Waals surface area contributed by atoms with Crippen LogP contribution >= 0.6 is 0 Å². The summed E-state index contributed by atoms with van der Waals surface area (Å²) < 4.78 is 12.6. The number of piperidine rings is 1. The smallest absolute Gasteiger partial charge is 0.258 e. The van der Waals surface area contributed by atoms with Crippen LogP contribution in [-0.2, 0) is 11.3 Å². The number of rotatable bonds is 10. The molecular weight excluding hydrogens is 556 g/mol. The Morgan fingerprint density at radius 3 is 2.48 bits per heavy atom. The lowest BCUT2D eigenvalue weighted by Crippen LogP contribution is -2.49. The third kappa shape index (κ3) is 7.77. The second kappa shape index (κ2) is 14.7. The predicted molar refractivity (Wildman–Crippen MR) is 171 cm³/mol. The molecule has 0 aromatic heterocycles. The molecule has 2 aliphatic rings. The average Bonchev–Trinajstić information content (AvgIpc) is 3.04. The molecule has 0 bridgehead atoms. The van der Waals surface area contributed by atoms with Gasteiger partial charge in [0.05, 0.1) is 23.9 Å². The van der Waals surface area contributed by atoms with E-state index in [4.69, 9.17) is 9.47 Å². The number of para-hydroxylation sites is 2. The number of fused-ring (bicyclic) bond motifs is 1. The molecule has 2 heterocycles. The minimum absolute atomic E-state index is 0.0432. The first kappa shape index (κ1) is 31.5. The topological polar surface area (TPSA) is 103 Å². The van der Waals surface area contributed by atoms with Gasteiger partial charge in [0.2, 0.25) is 5.91 Å². The lowest BCUT2D eigenvalue weighted by molar-refractivity contribution is -0.120. The number of ether oxygens (including phenoxy) is 2. The highest BCUT2D eigenvalue weighted by Gasteiger charge is 2.35. The molecule has 3 aromatic rings. The van der Waals surface area contributed by atoms with Crippen molar-refractivity contribution in [2.24, 2.45) is 11.8 Å². The number of hydrogen-bond acceptors (Lipinski definition) is 7. The van der Waals surface area contributed by atoms with Gasteiger partial charge in [-0.1, -0.05) is 43.3 Å². The maximum Gasteiger partial charge on any atom is 0.258 e. The second-order valence-corrected chi connectivity index (χ2v) is 12.1. The van der Waals surface area contributed by atoms with Crippen molar-refractivity contribution < 1.29 is 24.2 Å². The SMILES string of the molecule is CC1CN(C(C)CO)C(=O)c2cccc(NC(=O)C3CCNCC3)c2OC1CN(C)Cc1ccc(Oc2ccccc2)cc1. The van der Waals surface area contributed by atoms with E-state index in [0.29, 0.717) is 36.6 Å². The van der Waals surface area contributed by atoms with Crippen LogP contribution in [0.4, 0.5) is 5.69 Å². The predicted octanol–water partition coefficient (Wildman–Crippen LogP) is 4.77. The maximum atomic E-state index is 13.8. The molecule has 2 aliphatic heterocycles. The van der Waals surface area contributed by atoms with E-state index < -0.39 is 0 Å². The van der Waals surface area contributed by atoms with Gasteiger partial charge in [-0.3, -0.25) is 14.5 Å². The van der Waals surface area contributed by atoms with Crippen molar-refractivity contribution in [1.82, 2.24) is 15.1 Å². The molecule has 0 radical (unpaired) electrons. The van der Waals surface area contributed by atoms with E-state index in [0.717, 1.165) is 43.0 Å². The maximum absolute atomic E-state index is 13.8. The highest BCUT2D eigenvalue weighted by molar-refractivity contribution is 6.02. The summed E-state index contributed by atoms with van der Waals surface area (Å²) in [7, 11) is 2.05. The number of nitrogens with one attached hydrogen (secondary N) is 2. The Hall–Kier alpha value is -3.92. The number of carbonyl (C=O) groups excluding carboxylic acids is 2. The molecule has 3 N–H and O–H groups in total. The number of likely N-dealkylation sites (N-methyl/N-ethyl adjacent to an activating group) is 1. The first-order valence-electron chi connectivity index (χ1n) is 15.6. The van der Waals surface area contributed by atoms with Crippen LogP contribution in [-0.4, -0.2) is 78.7 Å². The Kier molecular flexibility index (Phi) is 10.5. The molecule has 3 atom stereocenters. The van der Waals surface area contributed by atoms with E-state index in [1.54, 1.807) is 23.1 Å². The highest BCUT2D eigenvalue weighted by Crippen LogP contribution is 2.35. The third-order valence-corrected chi connectivity index (χ3v) is 8.51. The van der Waals surface area contributed by atoms with Gasteiger partial charge in [0.25, 0.3) is 5.91 Å². The fourth-order valence-corrected chi connectivity index (χ4v) is 5.85. The number of carbonyl (C=O) groups is 2. The minimum atomic E-state index is -0.362. The van der Waals surface area contributed by atoms with Crippen molar-refractivity contribution in [2.45, 2.75) is 45.4 Å². The summed E-state index contributed by atoms with van der Waals surface area (Å²) in [6.45, 7) is 7.11. The van der Waals surface area contributed by atoms with E-state index >= 15 is 0 Å². The lowest BCUT2D eigenvalue weighted by Gasteiger charge is -2.38. The summed E-state index contributed by atoms with van der Waals surface area (Å²) in [4.78, 5) is 30.9. The molecule has 1 saturated heterocycles. The molecule has 3 unspecified atom stereocenters. The molecule has 44 heavy (non-hydrogen) atoms. The van der Waals surface area contributed by atoms with Gasteiger partial charge in [-0.15, -0.1) is 0 Å². The number of aliphatic hydroxyl groups excluding tert-OH is 1. The lowest BCUT2D eigenvalue weighted by atomic mass is 9.96. The quantitative estimate of drug-likeness (QED) is 0.308. The Morgan fingerprint density at radius 1 is 1.07 bits per heavy atom. The zero-order chi connectivity index (χ0) is 31.1. The van der Waals surface area contributed by atoms with Crippen LogP contribution in [0.3, 0.4) is 0 Å². The number of benzene rings is 3. The van der Waals surface area contributed by atoms with Crippen LogP contribution in [0.5, 0.6) is 17.2 Å². The summed E-state index contributed by atoms with van der Waals surface area (Å²) in [5.74, 6) is 1.56. The average molecular weight is 601 g/mol. The van der Waals surface area contributed by atoms with E-state index in [9.17, 15) is 14.7 Å². The number of amides is 2. The van der Waals surface area contributed by atoms with Crippen molar-refractivity contribution in [3.05, 3.63) is 83.9 Å². The molecule has 0 spiro atoms. The van der Waals surface area contributed by atoms with Crippen LogP contribution in [0, 0.1) is 11.8 Å². The molecule has 2 amide bonds. The molecule has 9 heteroatoms. The Bertz CT molecular complexity index is 1390. The van der Waals surface area contributed by atoms with Crippen LogP contribution in [0.2, 0.25) is 0 Å². The second-order valence-electron chi connectivity index (χ2n) is 12.1. The van der Waals surface area contributed by atoms with Gasteiger partial charge in [0, 0.05) is 31.5 Å². The molecule has 1 fully saturated rings. The Balaban J connectivity index is 1.34. The van der Waals surface area contributed by atoms with Crippen molar-refractivity contribution in [1.29, 1.82) is 0 Å².